The number of hydrogen-bond donors (Lipinski definition) is 2. The molecule has 1 aliphatic rings. The highest BCUT2D eigenvalue weighted by molar-refractivity contribution is 5.85. The molecule has 18 heavy (non-hydrogen) atoms. The van der Waals surface area contributed by atoms with Gasteiger partial charge in [0.25, 0.3) is 0 Å². The van der Waals surface area contributed by atoms with Crippen molar-refractivity contribution >= 4 is 23.9 Å². The van der Waals surface area contributed by atoms with Crippen LogP contribution in [-0.4, -0.2) is 47.3 Å². The van der Waals surface area contributed by atoms with Gasteiger partial charge in [0, 0.05) is 31.7 Å². The first-order chi connectivity index (χ1) is 8.20. The standard InChI is InChI=1S/C10H14N4O3.ClH/c15-7-8-6-13(4-3-11-8)9-1-2-10(12-5-9)14(16)17;/h1-2,5,8,11,15H,3-4,6-7H2;1H. The molecule has 1 aromatic rings. The van der Waals surface area contributed by atoms with Crippen LogP contribution in [-0.2, 0) is 0 Å². The maximum atomic E-state index is 10.5. The molecule has 7 nitrogen and oxygen atoms in total. The van der Waals surface area contributed by atoms with Crippen LogP contribution in [0.1, 0.15) is 0 Å². The Morgan fingerprint density at radius 1 is 1.61 bits per heavy atom. The number of aliphatic hydroxyl groups excluding tert-OH is 1. The van der Waals surface area contributed by atoms with Crippen molar-refractivity contribution in [2.24, 2.45) is 0 Å². The number of nitrogens with zero attached hydrogens (tertiary/aromatic N) is 3. The van der Waals surface area contributed by atoms with Gasteiger partial charge in [0.2, 0.25) is 0 Å². The Hall–Kier alpha value is -1.44. The van der Waals surface area contributed by atoms with Crippen LogP contribution in [0.2, 0.25) is 0 Å². The summed E-state index contributed by atoms with van der Waals surface area (Å²) in [6.07, 6.45) is 1.50. The van der Waals surface area contributed by atoms with Crippen LogP contribution in [0.5, 0.6) is 0 Å². The van der Waals surface area contributed by atoms with E-state index in [-0.39, 0.29) is 30.9 Å². The van der Waals surface area contributed by atoms with Crippen LogP contribution in [0.25, 0.3) is 0 Å². The zero-order valence-corrected chi connectivity index (χ0v) is 10.5. The summed E-state index contributed by atoms with van der Waals surface area (Å²) in [6.45, 7) is 2.34. The average molecular weight is 275 g/mol. The van der Waals surface area contributed by atoms with Gasteiger partial charge in [-0.3, -0.25) is 0 Å². The lowest BCUT2D eigenvalue weighted by molar-refractivity contribution is -0.389. The van der Waals surface area contributed by atoms with E-state index in [1.54, 1.807) is 6.07 Å². The molecule has 2 rings (SSSR count). The van der Waals surface area contributed by atoms with Crippen molar-refractivity contribution in [3.05, 3.63) is 28.4 Å². The van der Waals surface area contributed by atoms with Gasteiger partial charge in [-0.2, -0.15) is 0 Å². The van der Waals surface area contributed by atoms with Crippen molar-refractivity contribution < 1.29 is 10.0 Å². The molecular formula is C10H15ClN4O3. The summed E-state index contributed by atoms with van der Waals surface area (Å²) in [5, 5.41) is 22.7. The number of piperazine rings is 1. The second kappa shape index (κ2) is 6.48. The minimum Gasteiger partial charge on any atom is -0.395 e. The molecule has 1 aromatic heterocycles. The second-order valence-corrected chi connectivity index (χ2v) is 3.91. The monoisotopic (exact) mass is 274 g/mol. The van der Waals surface area contributed by atoms with Crippen LogP contribution in [0.3, 0.4) is 0 Å². The van der Waals surface area contributed by atoms with E-state index in [0.29, 0.717) is 6.54 Å². The summed E-state index contributed by atoms with van der Waals surface area (Å²) in [6, 6.07) is 3.12. The van der Waals surface area contributed by atoms with Crippen molar-refractivity contribution in [3.63, 3.8) is 0 Å². The van der Waals surface area contributed by atoms with Gasteiger partial charge in [0.15, 0.2) is 6.20 Å². The number of aromatic nitrogens is 1. The van der Waals surface area contributed by atoms with Crippen LogP contribution >= 0.6 is 12.4 Å². The minimum atomic E-state index is -0.516. The van der Waals surface area contributed by atoms with E-state index in [0.717, 1.165) is 18.8 Å². The van der Waals surface area contributed by atoms with Crippen LogP contribution in [0.15, 0.2) is 18.3 Å². The molecule has 0 bridgehead atoms. The van der Waals surface area contributed by atoms with E-state index < -0.39 is 4.92 Å². The third kappa shape index (κ3) is 3.28. The van der Waals surface area contributed by atoms with E-state index in [9.17, 15) is 10.1 Å². The smallest absolute Gasteiger partial charge is 0.363 e. The summed E-state index contributed by atoms with van der Waals surface area (Å²) in [4.78, 5) is 15.8. The number of halogens is 1. The number of nitro groups is 1. The Kier molecular flexibility index (Phi) is 5.26. The predicted octanol–water partition coefficient (Wildman–Crippen LogP) is 0.182. The van der Waals surface area contributed by atoms with E-state index in [4.69, 9.17) is 5.11 Å². The fraction of sp³-hybridized carbons (Fsp3) is 0.500. The van der Waals surface area contributed by atoms with E-state index >= 15 is 0 Å². The van der Waals surface area contributed by atoms with Crippen molar-refractivity contribution in [2.75, 3.05) is 31.1 Å². The first kappa shape index (κ1) is 14.6. The molecular weight excluding hydrogens is 260 g/mol. The highest BCUT2D eigenvalue weighted by Crippen LogP contribution is 2.17. The Bertz CT molecular complexity index is 401. The molecule has 1 fully saturated rings. The van der Waals surface area contributed by atoms with Crippen molar-refractivity contribution in [3.8, 4) is 0 Å². The van der Waals surface area contributed by atoms with Gasteiger partial charge >= 0.3 is 5.82 Å². The molecule has 2 heterocycles. The van der Waals surface area contributed by atoms with Crippen LogP contribution in [0.4, 0.5) is 11.5 Å². The topological polar surface area (TPSA) is 91.5 Å². The van der Waals surface area contributed by atoms with Gasteiger partial charge in [0.1, 0.15) is 0 Å². The Labute approximate surface area is 110 Å². The van der Waals surface area contributed by atoms with E-state index in [1.165, 1.54) is 12.3 Å². The third-order valence-corrected chi connectivity index (χ3v) is 2.76. The van der Waals surface area contributed by atoms with Gasteiger partial charge in [-0.05, 0) is 16.0 Å². The first-order valence-electron chi connectivity index (χ1n) is 5.40. The summed E-state index contributed by atoms with van der Waals surface area (Å²) >= 11 is 0. The molecule has 0 spiro atoms. The summed E-state index contributed by atoms with van der Waals surface area (Å²) in [7, 11) is 0. The number of aliphatic hydroxyl groups is 1. The average Bonchev–Trinajstić information content (AvgIpc) is 2.39. The van der Waals surface area contributed by atoms with Gasteiger partial charge in [-0.1, -0.05) is 0 Å². The van der Waals surface area contributed by atoms with Gasteiger partial charge in [-0.25, -0.2) is 0 Å². The maximum absolute atomic E-state index is 10.5. The summed E-state index contributed by atoms with van der Waals surface area (Å²) in [5.74, 6) is -0.150. The molecule has 0 amide bonds. The SMILES string of the molecule is Cl.O=[N+]([O-])c1ccc(N2CCNC(CO)C2)cn1. The Balaban J connectivity index is 0.00000162. The largest absolute Gasteiger partial charge is 0.395 e. The Morgan fingerprint density at radius 2 is 2.39 bits per heavy atom. The summed E-state index contributed by atoms with van der Waals surface area (Å²) in [5.41, 5.74) is 0.843. The molecule has 0 saturated carbocycles. The molecule has 100 valence electrons. The molecule has 0 radical (unpaired) electrons. The number of pyridine rings is 1. The van der Waals surface area contributed by atoms with Gasteiger partial charge < -0.3 is 25.4 Å². The lowest BCUT2D eigenvalue weighted by Gasteiger charge is -2.33. The van der Waals surface area contributed by atoms with Crippen molar-refractivity contribution in [1.29, 1.82) is 0 Å². The lowest BCUT2D eigenvalue weighted by atomic mass is 10.2. The molecule has 0 aliphatic carbocycles. The quantitative estimate of drug-likeness (QED) is 0.604. The minimum absolute atomic E-state index is 0. The second-order valence-electron chi connectivity index (χ2n) is 3.91. The van der Waals surface area contributed by atoms with Gasteiger partial charge in [-0.15, -0.1) is 12.4 Å². The molecule has 1 atom stereocenters. The normalized spacial score (nSPS) is 19.2. The Morgan fingerprint density at radius 3 is 2.94 bits per heavy atom. The maximum Gasteiger partial charge on any atom is 0.363 e. The number of anilines is 1. The van der Waals surface area contributed by atoms with Crippen LogP contribution < -0.4 is 10.2 Å². The number of nitrogens with one attached hydrogen (secondary N) is 1. The van der Waals surface area contributed by atoms with E-state index in [1.807, 2.05) is 4.90 Å². The molecule has 1 saturated heterocycles. The zero-order valence-electron chi connectivity index (χ0n) is 9.65. The van der Waals surface area contributed by atoms with Gasteiger partial charge in [0.05, 0.1) is 12.3 Å². The zero-order chi connectivity index (χ0) is 12.3. The highest BCUT2D eigenvalue weighted by atomic mass is 35.5. The third-order valence-electron chi connectivity index (χ3n) is 2.76. The molecule has 1 unspecified atom stereocenters. The fourth-order valence-electron chi connectivity index (χ4n) is 1.86. The molecule has 8 heteroatoms. The number of rotatable bonds is 3. The fourth-order valence-corrected chi connectivity index (χ4v) is 1.86. The molecule has 1 aliphatic heterocycles. The number of hydrogen-bond acceptors (Lipinski definition) is 6. The predicted molar refractivity (Wildman–Crippen MR) is 69.2 cm³/mol. The molecule has 2 N–H and O–H groups in total. The first-order valence-corrected chi connectivity index (χ1v) is 5.40. The highest BCUT2D eigenvalue weighted by Gasteiger charge is 2.20. The van der Waals surface area contributed by atoms with Crippen LogP contribution in [0, 0.1) is 10.1 Å². The lowest BCUT2D eigenvalue weighted by Crippen LogP contribution is -2.52. The summed E-state index contributed by atoms with van der Waals surface area (Å²) < 4.78 is 0. The van der Waals surface area contributed by atoms with Crippen molar-refractivity contribution in [1.82, 2.24) is 10.3 Å². The molecule has 0 aromatic carbocycles. The van der Waals surface area contributed by atoms with E-state index in [2.05, 4.69) is 10.3 Å². The van der Waals surface area contributed by atoms with Crippen molar-refractivity contribution in [2.45, 2.75) is 6.04 Å².